The molecule has 3 amide bonds. The Kier molecular flexibility index (Phi) is 20.2. The number of anilines is 2. The van der Waals surface area contributed by atoms with Crippen molar-refractivity contribution in [2.75, 3.05) is 103 Å². The van der Waals surface area contributed by atoms with E-state index in [2.05, 4.69) is 32.4 Å². The van der Waals surface area contributed by atoms with Crippen LogP contribution in [0.5, 0.6) is 11.5 Å². The van der Waals surface area contributed by atoms with Gasteiger partial charge in [0.2, 0.25) is 23.7 Å². The van der Waals surface area contributed by atoms with Crippen LogP contribution in [-0.4, -0.2) is 169 Å². The molecule has 5 N–H and O–H groups in total. The molecular formula is C59H73ClF2N10O8S. The van der Waals surface area contributed by atoms with Crippen LogP contribution in [0.3, 0.4) is 0 Å². The fourth-order valence-electron chi connectivity index (χ4n) is 11.1. The van der Waals surface area contributed by atoms with Crippen LogP contribution in [0.4, 0.5) is 20.5 Å². The zero-order valence-electron chi connectivity index (χ0n) is 46.4. The van der Waals surface area contributed by atoms with Crippen molar-refractivity contribution in [1.82, 2.24) is 40.3 Å². The molecule has 0 radical (unpaired) electrons. The minimum absolute atomic E-state index is 0.0288. The number of aromatic hydroxyl groups is 1. The lowest BCUT2D eigenvalue weighted by molar-refractivity contribution is -0.137. The van der Waals surface area contributed by atoms with E-state index in [4.69, 9.17) is 35.8 Å². The quantitative estimate of drug-likeness (QED) is 0.0285. The van der Waals surface area contributed by atoms with Crippen LogP contribution in [0.2, 0.25) is 5.02 Å². The molecule has 2 saturated heterocycles. The number of nitrogens with zero attached hydrogens (tertiary/aromatic N) is 7. The fourth-order valence-corrected chi connectivity index (χ4v) is 12.3. The lowest BCUT2D eigenvalue weighted by atomic mass is 9.83. The van der Waals surface area contributed by atoms with Crippen LogP contribution in [-0.2, 0) is 23.9 Å². The van der Waals surface area contributed by atoms with E-state index in [1.165, 1.54) is 31.5 Å². The molecule has 0 bridgehead atoms. The number of nitrogens with one attached hydrogen (secondary N) is 3. The number of halogens is 3. The van der Waals surface area contributed by atoms with Gasteiger partial charge in [-0.1, -0.05) is 61.2 Å². The van der Waals surface area contributed by atoms with Gasteiger partial charge >= 0.3 is 0 Å². The number of piperazine rings is 1. The number of phenolic OH excluding ortho intramolecular Hbond substituents is 1. The Balaban J connectivity index is 0.728. The van der Waals surface area contributed by atoms with Gasteiger partial charge < -0.3 is 54.7 Å². The van der Waals surface area contributed by atoms with Crippen molar-refractivity contribution in [1.29, 1.82) is 0 Å². The molecule has 434 valence electrons. The van der Waals surface area contributed by atoms with Crippen LogP contribution in [0.25, 0.3) is 44.1 Å². The summed E-state index contributed by atoms with van der Waals surface area (Å²) < 4.78 is 49.4. The smallest absolute Gasteiger partial charge is 0.240 e. The number of hydrogen-bond donors (Lipinski definition) is 5. The van der Waals surface area contributed by atoms with Crippen LogP contribution in [0, 0.1) is 17.6 Å². The highest BCUT2D eigenvalue weighted by atomic mass is 35.5. The summed E-state index contributed by atoms with van der Waals surface area (Å²) in [5.74, 6) is -1.21. The van der Waals surface area contributed by atoms with E-state index >= 15 is 8.78 Å². The van der Waals surface area contributed by atoms with Crippen LogP contribution >= 0.6 is 22.9 Å². The number of aromatic nitrogens is 3. The number of carbonyl (C=O) groups is 3. The summed E-state index contributed by atoms with van der Waals surface area (Å²) in [7, 11) is 3.48. The van der Waals surface area contributed by atoms with E-state index < -0.39 is 35.2 Å². The maximum Gasteiger partial charge on any atom is 0.240 e. The lowest BCUT2D eigenvalue weighted by Crippen LogP contribution is -2.57. The van der Waals surface area contributed by atoms with Crippen LogP contribution in [0.15, 0.2) is 66.0 Å². The Morgan fingerprint density at radius 3 is 2.35 bits per heavy atom. The minimum Gasteiger partial charge on any atom is -0.507 e. The van der Waals surface area contributed by atoms with Crippen molar-refractivity contribution in [2.24, 2.45) is 5.92 Å². The first-order valence-electron chi connectivity index (χ1n) is 28.1. The molecule has 4 aromatic carbocycles. The molecule has 3 aliphatic rings. The Morgan fingerprint density at radius 2 is 1.60 bits per heavy atom. The molecule has 6 aromatic rings. The van der Waals surface area contributed by atoms with Crippen molar-refractivity contribution < 1.29 is 47.6 Å². The molecule has 9 rings (SSSR count). The predicted molar refractivity (Wildman–Crippen MR) is 311 cm³/mol. The lowest BCUT2D eigenvalue weighted by Gasteiger charge is -2.36. The predicted octanol–water partition coefficient (Wildman–Crippen LogP) is 8.38. The van der Waals surface area contributed by atoms with Gasteiger partial charge in [0.25, 0.3) is 0 Å². The van der Waals surface area contributed by atoms with Crippen LogP contribution in [0.1, 0.15) is 76.3 Å². The second-order valence-corrected chi connectivity index (χ2v) is 22.3. The SMILES string of the molecule is CN[C@@H](C)C(O)N[C@H](C(=O)N1CCC[C@H]1c1nc(-c2ccc(OCCOCCOCCN(C)C(=O)CCNc3nc(N4CCN(C(C)=O)CC4)c4cc(Cl)c(-c5c(O)cccc5F)c(F)c4n3)c3ccccc23)cs1)C1CCCCC1. The monoisotopic (exact) mass is 1150 g/mol. The summed E-state index contributed by atoms with van der Waals surface area (Å²) in [5.41, 5.74) is 0.926. The van der Waals surface area contributed by atoms with Gasteiger partial charge in [-0.2, -0.15) is 4.98 Å². The van der Waals surface area contributed by atoms with Crippen molar-refractivity contribution in [3.63, 3.8) is 0 Å². The Bertz CT molecular complexity index is 3140. The normalized spacial score (nSPS) is 17.2. The van der Waals surface area contributed by atoms with Gasteiger partial charge in [-0.25, -0.2) is 18.7 Å². The van der Waals surface area contributed by atoms with Crippen molar-refractivity contribution in [2.45, 2.75) is 89.6 Å². The maximum atomic E-state index is 16.5. The summed E-state index contributed by atoms with van der Waals surface area (Å²) in [6, 6.07) is 16.4. The van der Waals surface area contributed by atoms with Crippen molar-refractivity contribution in [3.05, 3.63) is 87.7 Å². The third kappa shape index (κ3) is 14.0. The Labute approximate surface area is 480 Å². The molecule has 3 fully saturated rings. The van der Waals surface area contributed by atoms with Crippen molar-refractivity contribution >= 4 is 74.1 Å². The largest absolute Gasteiger partial charge is 0.507 e. The third-order valence-electron chi connectivity index (χ3n) is 15.8. The number of fused-ring (bicyclic) bond motifs is 2. The van der Waals surface area contributed by atoms with E-state index in [1.807, 2.05) is 54.1 Å². The maximum absolute atomic E-state index is 16.5. The van der Waals surface area contributed by atoms with E-state index in [0.29, 0.717) is 71.5 Å². The molecule has 0 spiro atoms. The molecule has 1 saturated carbocycles. The number of amides is 3. The zero-order chi connectivity index (χ0) is 57.2. The average molecular weight is 1160 g/mol. The van der Waals surface area contributed by atoms with E-state index in [0.717, 1.165) is 77.4 Å². The highest BCUT2D eigenvalue weighted by molar-refractivity contribution is 7.10. The number of carbonyl (C=O) groups excluding carboxylic acids is 3. The number of rotatable bonds is 24. The van der Waals surface area contributed by atoms with Gasteiger partial charge in [0, 0.05) is 99.5 Å². The molecule has 1 unspecified atom stereocenters. The molecule has 18 nitrogen and oxygen atoms in total. The Morgan fingerprint density at radius 1 is 0.864 bits per heavy atom. The van der Waals surface area contributed by atoms with Gasteiger partial charge in [0.05, 0.1) is 54.8 Å². The molecule has 2 aliphatic heterocycles. The highest BCUT2D eigenvalue weighted by Gasteiger charge is 2.40. The first-order valence-corrected chi connectivity index (χ1v) is 29.3. The number of aliphatic hydroxyl groups is 1. The van der Waals surface area contributed by atoms with Crippen molar-refractivity contribution in [3.8, 4) is 33.9 Å². The molecular weight excluding hydrogens is 1080 g/mol. The number of benzene rings is 4. The summed E-state index contributed by atoms with van der Waals surface area (Å²) >= 11 is 8.18. The standard InChI is InChI=1S/C59H73ClF2N10O8S/c1-36(63-3)56(76)66-53(38-12-6-5-7-13-38)58(77)72-23-11-17-46(72)57-65-45(35-81-57)40-19-20-48(41-15-9-8-14-39(40)41)80-33-32-79-31-30-78-29-28-69(4)49(75)21-22-64-59-67-54-42(55(68-59)71-26-24-70(25-27-71)37(2)73)34-43(60)50(52(54)62)51-44(61)16-10-18-47(51)74/h8-10,14-16,18-20,34-36,38,46,53,56,63,66,74,76H,5-7,11-13,17,21-33H2,1-4H3,(H,64,67,68)/t36-,46-,53-,56?/m0/s1. The Hall–Kier alpha value is -6.33. The fraction of sp³-hybridized carbons (Fsp3) is 0.492. The van der Waals surface area contributed by atoms with Gasteiger partial charge in [0.15, 0.2) is 5.82 Å². The minimum atomic E-state index is -0.950. The number of thiazole rings is 1. The number of likely N-dealkylation sites (N-methyl/N-ethyl adjacent to an activating group) is 2. The molecule has 22 heteroatoms. The molecule has 4 atom stereocenters. The summed E-state index contributed by atoms with van der Waals surface area (Å²) in [4.78, 5) is 61.1. The summed E-state index contributed by atoms with van der Waals surface area (Å²) in [6.45, 7) is 7.70. The van der Waals surface area contributed by atoms with E-state index in [1.54, 1.807) is 28.2 Å². The molecule has 81 heavy (non-hydrogen) atoms. The summed E-state index contributed by atoms with van der Waals surface area (Å²) in [6.07, 6.45) is 6.25. The molecule has 2 aromatic heterocycles. The number of aliphatic hydroxyl groups excluding tert-OH is 1. The molecule has 4 heterocycles. The van der Waals surface area contributed by atoms with Crippen LogP contribution < -0.4 is 25.6 Å². The number of ether oxygens (including phenoxy) is 3. The summed E-state index contributed by atoms with van der Waals surface area (Å²) in [5, 5.41) is 36.1. The van der Waals surface area contributed by atoms with Gasteiger partial charge in [-0.05, 0) is 81.3 Å². The van der Waals surface area contributed by atoms with E-state index in [-0.39, 0.29) is 82.7 Å². The first kappa shape index (κ1) is 59.3. The first-order chi connectivity index (χ1) is 39.2. The molecule has 1 aliphatic carbocycles. The topological polar surface area (TPSA) is 207 Å². The zero-order valence-corrected chi connectivity index (χ0v) is 48.0. The van der Waals surface area contributed by atoms with E-state index in [9.17, 15) is 24.6 Å². The van der Waals surface area contributed by atoms with Gasteiger partial charge in [-0.3, -0.25) is 19.7 Å². The third-order valence-corrected chi connectivity index (χ3v) is 17.0. The average Bonchev–Trinajstić information content (AvgIpc) is 4.31. The van der Waals surface area contributed by atoms with Gasteiger partial charge in [-0.15, -0.1) is 11.3 Å². The number of hydrogen-bond acceptors (Lipinski definition) is 16. The second-order valence-electron chi connectivity index (χ2n) is 21.0. The highest BCUT2D eigenvalue weighted by Crippen LogP contribution is 2.44. The van der Waals surface area contributed by atoms with Gasteiger partial charge in [0.1, 0.15) is 46.5 Å². The second kappa shape index (κ2) is 27.6. The number of phenols is 1. The number of likely N-dealkylation sites (tertiary alicyclic amines) is 1.